The minimum Gasteiger partial charge on any atom is -0.444 e. The second-order valence-electron chi connectivity index (χ2n) is 6.50. The second kappa shape index (κ2) is 6.67. The summed E-state index contributed by atoms with van der Waals surface area (Å²) >= 11 is 1.70. The molecular weight excluding hydrogens is 278 g/mol. The van der Waals surface area contributed by atoms with Crippen LogP contribution in [-0.4, -0.2) is 47.4 Å². The maximum absolute atomic E-state index is 11.9. The van der Waals surface area contributed by atoms with Gasteiger partial charge in [0, 0.05) is 18.2 Å². The SMILES string of the molecule is CC(C)(CNC(=O)C1CSCN1)NC(=O)OC(C)(C)C. The summed E-state index contributed by atoms with van der Waals surface area (Å²) in [6.07, 6.45) is -0.480. The van der Waals surface area contributed by atoms with E-state index in [1.54, 1.807) is 11.8 Å². The molecule has 1 heterocycles. The predicted molar refractivity (Wildman–Crippen MR) is 80.7 cm³/mol. The van der Waals surface area contributed by atoms with E-state index in [0.717, 1.165) is 11.6 Å². The first kappa shape index (κ1) is 17.1. The van der Waals surface area contributed by atoms with Gasteiger partial charge >= 0.3 is 6.09 Å². The summed E-state index contributed by atoms with van der Waals surface area (Å²) in [5.41, 5.74) is -1.10. The molecule has 1 aliphatic rings. The molecule has 0 aromatic heterocycles. The molecule has 0 spiro atoms. The van der Waals surface area contributed by atoms with Crippen LogP contribution in [0.15, 0.2) is 0 Å². The molecule has 7 heteroatoms. The highest BCUT2D eigenvalue weighted by molar-refractivity contribution is 7.99. The van der Waals surface area contributed by atoms with Gasteiger partial charge in [0.05, 0.1) is 11.6 Å². The highest BCUT2D eigenvalue weighted by atomic mass is 32.2. The first-order valence-corrected chi connectivity index (χ1v) is 7.84. The largest absolute Gasteiger partial charge is 0.444 e. The van der Waals surface area contributed by atoms with Gasteiger partial charge in [-0.25, -0.2) is 4.79 Å². The number of carbonyl (C=O) groups is 2. The molecule has 1 rings (SSSR count). The summed E-state index contributed by atoms with van der Waals surface area (Å²) in [5.74, 6) is 1.55. The smallest absolute Gasteiger partial charge is 0.408 e. The molecule has 0 saturated carbocycles. The first-order valence-electron chi connectivity index (χ1n) is 6.69. The molecule has 0 bridgehead atoms. The number of nitrogens with one attached hydrogen (secondary N) is 3. The Kier molecular flexibility index (Phi) is 5.70. The fourth-order valence-corrected chi connectivity index (χ4v) is 2.56. The zero-order valence-corrected chi connectivity index (χ0v) is 13.6. The fraction of sp³-hybridized carbons (Fsp3) is 0.846. The first-order chi connectivity index (χ1) is 9.09. The van der Waals surface area contributed by atoms with Crippen molar-refractivity contribution in [3.63, 3.8) is 0 Å². The van der Waals surface area contributed by atoms with Gasteiger partial charge in [-0.3, -0.25) is 10.1 Å². The van der Waals surface area contributed by atoms with Gasteiger partial charge in [0.1, 0.15) is 5.60 Å². The average Bonchev–Trinajstić information content (AvgIpc) is 2.75. The molecular formula is C13H25N3O3S. The molecule has 0 radical (unpaired) electrons. The number of hydrogen-bond acceptors (Lipinski definition) is 5. The van der Waals surface area contributed by atoms with Crippen molar-refractivity contribution in [2.24, 2.45) is 0 Å². The lowest BCUT2D eigenvalue weighted by molar-refractivity contribution is -0.122. The van der Waals surface area contributed by atoms with Gasteiger partial charge < -0.3 is 15.4 Å². The molecule has 0 aromatic carbocycles. The molecule has 0 aromatic rings. The topological polar surface area (TPSA) is 79.5 Å². The van der Waals surface area contributed by atoms with Crippen molar-refractivity contribution in [3.05, 3.63) is 0 Å². The van der Waals surface area contributed by atoms with Gasteiger partial charge in [0.2, 0.25) is 5.91 Å². The summed E-state index contributed by atoms with van der Waals surface area (Å²) in [4.78, 5) is 23.6. The number of thioether (sulfide) groups is 1. The van der Waals surface area contributed by atoms with Crippen LogP contribution in [0.1, 0.15) is 34.6 Å². The zero-order chi connectivity index (χ0) is 15.4. The number of ether oxygens (including phenoxy) is 1. The minimum atomic E-state index is -0.566. The Balaban J connectivity index is 2.36. The van der Waals surface area contributed by atoms with E-state index in [9.17, 15) is 9.59 Å². The van der Waals surface area contributed by atoms with Crippen LogP contribution in [0.25, 0.3) is 0 Å². The third-order valence-corrected chi connectivity index (χ3v) is 3.52. The maximum atomic E-state index is 11.9. The fourth-order valence-electron chi connectivity index (χ4n) is 1.62. The van der Waals surface area contributed by atoms with Gasteiger partial charge in [-0.15, -0.1) is 11.8 Å². The lowest BCUT2D eigenvalue weighted by Gasteiger charge is -2.29. The van der Waals surface area contributed by atoms with Crippen LogP contribution in [0.5, 0.6) is 0 Å². The summed E-state index contributed by atoms with van der Waals surface area (Å²) in [7, 11) is 0. The number of alkyl carbamates (subject to hydrolysis) is 1. The average molecular weight is 303 g/mol. The van der Waals surface area contributed by atoms with Crippen molar-refractivity contribution < 1.29 is 14.3 Å². The Hall–Kier alpha value is -0.950. The third kappa shape index (κ3) is 6.47. The summed E-state index contributed by atoms with van der Waals surface area (Å²) < 4.78 is 5.20. The van der Waals surface area contributed by atoms with E-state index in [-0.39, 0.29) is 11.9 Å². The van der Waals surface area contributed by atoms with E-state index in [4.69, 9.17) is 4.74 Å². The van der Waals surface area contributed by atoms with Crippen LogP contribution in [0, 0.1) is 0 Å². The summed E-state index contributed by atoms with van der Waals surface area (Å²) in [5, 5.41) is 8.71. The molecule has 1 fully saturated rings. The molecule has 1 unspecified atom stereocenters. The molecule has 1 saturated heterocycles. The lowest BCUT2D eigenvalue weighted by atomic mass is 10.1. The molecule has 3 N–H and O–H groups in total. The lowest BCUT2D eigenvalue weighted by Crippen LogP contribution is -2.54. The van der Waals surface area contributed by atoms with E-state index in [1.165, 1.54) is 0 Å². The van der Waals surface area contributed by atoms with E-state index >= 15 is 0 Å². The van der Waals surface area contributed by atoms with Crippen LogP contribution in [0.3, 0.4) is 0 Å². The number of hydrogen-bond donors (Lipinski definition) is 3. The Morgan fingerprint density at radius 1 is 1.30 bits per heavy atom. The van der Waals surface area contributed by atoms with Crippen molar-refractivity contribution >= 4 is 23.8 Å². The van der Waals surface area contributed by atoms with Crippen LogP contribution in [-0.2, 0) is 9.53 Å². The zero-order valence-electron chi connectivity index (χ0n) is 12.8. The molecule has 1 atom stereocenters. The van der Waals surface area contributed by atoms with Crippen LogP contribution < -0.4 is 16.0 Å². The number of rotatable bonds is 4. The van der Waals surface area contributed by atoms with Gasteiger partial charge in [-0.05, 0) is 34.6 Å². The van der Waals surface area contributed by atoms with Crippen molar-refractivity contribution in [1.29, 1.82) is 0 Å². The highest BCUT2D eigenvalue weighted by Crippen LogP contribution is 2.11. The Morgan fingerprint density at radius 2 is 1.95 bits per heavy atom. The van der Waals surface area contributed by atoms with Crippen molar-refractivity contribution in [3.8, 4) is 0 Å². The van der Waals surface area contributed by atoms with E-state index in [1.807, 2.05) is 34.6 Å². The van der Waals surface area contributed by atoms with Gasteiger partial charge in [-0.2, -0.15) is 0 Å². The van der Waals surface area contributed by atoms with E-state index < -0.39 is 17.2 Å². The number of carbonyl (C=O) groups excluding carboxylic acids is 2. The molecule has 6 nitrogen and oxygen atoms in total. The van der Waals surface area contributed by atoms with Gasteiger partial charge in [0.25, 0.3) is 0 Å². The molecule has 0 aliphatic carbocycles. The highest BCUT2D eigenvalue weighted by Gasteiger charge is 2.27. The molecule has 1 aliphatic heterocycles. The van der Waals surface area contributed by atoms with Crippen LogP contribution in [0.2, 0.25) is 0 Å². The van der Waals surface area contributed by atoms with Crippen molar-refractivity contribution in [2.75, 3.05) is 18.2 Å². The summed E-state index contributed by atoms with van der Waals surface area (Å²) in [6, 6.07) is -0.141. The van der Waals surface area contributed by atoms with E-state index in [0.29, 0.717) is 6.54 Å². The normalized spacial score (nSPS) is 19.6. The Bertz CT molecular complexity index is 360. The maximum Gasteiger partial charge on any atom is 0.408 e. The quantitative estimate of drug-likeness (QED) is 0.724. The summed E-state index contributed by atoms with van der Waals surface area (Å²) in [6.45, 7) is 9.47. The van der Waals surface area contributed by atoms with Crippen molar-refractivity contribution in [2.45, 2.75) is 51.8 Å². The molecule has 20 heavy (non-hydrogen) atoms. The standard InChI is InChI=1S/C13H25N3O3S/c1-12(2,3)19-11(18)16-13(4,5)7-14-10(17)9-6-20-8-15-9/h9,15H,6-8H2,1-5H3,(H,14,17)(H,16,18). The second-order valence-corrected chi connectivity index (χ2v) is 7.53. The van der Waals surface area contributed by atoms with Gasteiger partial charge in [0.15, 0.2) is 0 Å². The van der Waals surface area contributed by atoms with E-state index in [2.05, 4.69) is 16.0 Å². The van der Waals surface area contributed by atoms with Crippen molar-refractivity contribution in [1.82, 2.24) is 16.0 Å². The van der Waals surface area contributed by atoms with Gasteiger partial charge in [-0.1, -0.05) is 0 Å². The minimum absolute atomic E-state index is 0.0333. The number of amides is 2. The molecule has 2 amide bonds. The Labute approximate surface area is 124 Å². The van der Waals surface area contributed by atoms with Crippen LogP contribution >= 0.6 is 11.8 Å². The predicted octanol–water partition coefficient (Wildman–Crippen LogP) is 1.07. The van der Waals surface area contributed by atoms with Crippen LogP contribution in [0.4, 0.5) is 4.79 Å². The Morgan fingerprint density at radius 3 is 2.45 bits per heavy atom. The monoisotopic (exact) mass is 303 g/mol. The third-order valence-electron chi connectivity index (χ3n) is 2.58. The molecule has 116 valence electrons.